The maximum absolute atomic E-state index is 13.9. The monoisotopic (exact) mass is 509 g/mol. The molecule has 1 fully saturated rings. The number of pyridine rings is 1. The zero-order valence-electron chi connectivity index (χ0n) is 20.3. The number of aromatic nitrogens is 2. The smallest absolute Gasteiger partial charge is 0.273 e. The maximum Gasteiger partial charge on any atom is 0.273 e. The van der Waals surface area contributed by atoms with Gasteiger partial charge in [0.15, 0.2) is 0 Å². The number of H-pyrrole nitrogens is 1. The van der Waals surface area contributed by atoms with Gasteiger partial charge in [0.25, 0.3) is 11.2 Å². The highest BCUT2D eigenvalue weighted by atomic mass is 32.2. The number of hydrogen-bond acceptors (Lipinski definition) is 6. The Balaban J connectivity index is 1.56. The van der Waals surface area contributed by atoms with Crippen LogP contribution >= 0.6 is 0 Å². The van der Waals surface area contributed by atoms with Crippen LogP contribution in [-0.2, 0) is 10.0 Å². The molecule has 188 valence electrons. The van der Waals surface area contributed by atoms with Gasteiger partial charge in [0.05, 0.1) is 11.5 Å². The van der Waals surface area contributed by atoms with E-state index < -0.39 is 25.3 Å². The molecule has 0 amide bonds. The van der Waals surface area contributed by atoms with E-state index in [2.05, 4.69) is 4.98 Å². The largest absolute Gasteiger partial charge is 0.493 e. The number of nitrogens with one attached hydrogen (secondary N) is 1. The minimum absolute atomic E-state index is 0.0188. The number of benzene rings is 1. The summed E-state index contributed by atoms with van der Waals surface area (Å²) in [6, 6.07) is 6.44. The van der Waals surface area contributed by atoms with E-state index in [1.165, 1.54) is 18.5 Å². The van der Waals surface area contributed by atoms with Crippen LogP contribution in [0, 0.1) is 23.0 Å². The number of allylic oxidation sites excluding steroid dienone is 3. The Morgan fingerprint density at radius 2 is 2.00 bits per heavy atom. The molecule has 9 nitrogen and oxygen atoms in total. The van der Waals surface area contributed by atoms with Crippen molar-refractivity contribution in [3.8, 4) is 5.75 Å². The highest BCUT2D eigenvalue weighted by Crippen LogP contribution is 2.43. The second-order valence-corrected chi connectivity index (χ2v) is 12.0. The van der Waals surface area contributed by atoms with Crippen molar-refractivity contribution >= 4 is 32.2 Å². The van der Waals surface area contributed by atoms with Crippen molar-refractivity contribution in [2.24, 2.45) is 5.92 Å². The number of nitro benzene ring substituents is 1. The second-order valence-electron chi connectivity index (χ2n) is 9.80. The predicted octanol–water partition coefficient (Wildman–Crippen LogP) is 4.71. The van der Waals surface area contributed by atoms with Gasteiger partial charge < -0.3 is 9.72 Å². The van der Waals surface area contributed by atoms with Gasteiger partial charge in [-0.2, -0.15) is 0 Å². The number of hydrogen-bond donors (Lipinski definition) is 1. The van der Waals surface area contributed by atoms with Crippen LogP contribution in [0.4, 0.5) is 5.69 Å². The van der Waals surface area contributed by atoms with Gasteiger partial charge in [-0.1, -0.05) is 12.2 Å². The van der Waals surface area contributed by atoms with Gasteiger partial charge in [0.1, 0.15) is 16.0 Å². The Hall–Kier alpha value is -3.66. The number of nitrogens with zero attached hydrogens (tertiary/aromatic N) is 2. The first-order chi connectivity index (χ1) is 17.0. The zero-order chi connectivity index (χ0) is 25.8. The zero-order valence-corrected chi connectivity index (χ0v) is 21.1. The summed E-state index contributed by atoms with van der Waals surface area (Å²) in [6.45, 7) is 5.58. The molecule has 0 radical (unpaired) electrons. The minimum atomic E-state index is -4.03. The molecule has 0 saturated heterocycles. The minimum Gasteiger partial charge on any atom is -0.493 e. The van der Waals surface area contributed by atoms with Crippen LogP contribution in [0.15, 0.2) is 59.2 Å². The van der Waals surface area contributed by atoms with E-state index in [1.54, 1.807) is 51.1 Å². The van der Waals surface area contributed by atoms with Crippen LogP contribution in [0.2, 0.25) is 0 Å². The van der Waals surface area contributed by atoms with Gasteiger partial charge in [-0.25, -0.2) is 12.4 Å². The Labute approximate surface area is 208 Å². The Bertz CT molecular complexity index is 1620. The Morgan fingerprint density at radius 3 is 2.67 bits per heavy atom. The molecule has 1 saturated carbocycles. The average molecular weight is 510 g/mol. The molecular formula is C26H27N3O6S. The average Bonchev–Trinajstić information content (AvgIpc) is 3.55. The first-order valence-corrected chi connectivity index (χ1v) is 13.2. The van der Waals surface area contributed by atoms with Crippen LogP contribution in [0.25, 0.3) is 16.5 Å². The third-order valence-electron chi connectivity index (χ3n) is 7.30. The number of rotatable bonds is 7. The number of fused-ring (bicyclic) bond motifs is 1. The van der Waals surface area contributed by atoms with Crippen LogP contribution < -0.4 is 10.3 Å². The van der Waals surface area contributed by atoms with Gasteiger partial charge in [0.2, 0.25) is 10.0 Å². The number of aryl methyl sites for hydroxylation is 1. The first kappa shape index (κ1) is 24.1. The third kappa shape index (κ3) is 3.85. The van der Waals surface area contributed by atoms with E-state index in [9.17, 15) is 23.3 Å². The van der Waals surface area contributed by atoms with Crippen LogP contribution in [-0.4, -0.2) is 33.7 Å². The van der Waals surface area contributed by atoms with E-state index >= 15 is 0 Å². The molecule has 1 atom stereocenters. The van der Waals surface area contributed by atoms with Gasteiger partial charge in [-0.15, -0.1) is 0 Å². The highest BCUT2D eigenvalue weighted by molar-refractivity contribution is 7.91. The molecule has 1 N–H and O–H groups in total. The van der Waals surface area contributed by atoms with Gasteiger partial charge in [0, 0.05) is 35.0 Å². The molecule has 0 bridgehead atoms. The maximum atomic E-state index is 13.9. The molecule has 10 heteroatoms. The molecule has 1 aromatic carbocycles. The topological polar surface area (TPSA) is 124 Å². The van der Waals surface area contributed by atoms with Crippen molar-refractivity contribution < 1.29 is 18.1 Å². The fourth-order valence-electron chi connectivity index (χ4n) is 4.60. The predicted molar refractivity (Wildman–Crippen MR) is 138 cm³/mol. The van der Waals surface area contributed by atoms with Gasteiger partial charge >= 0.3 is 0 Å². The molecule has 5 rings (SSSR count). The highest BCUT2D eigenvalue weighted by Gasteiger charge is 2.44. The summed E-state index contributed by atoms with van der Waals surface area (Å²) in [5.74, 6) is 1.05. The second kappa shape index (κ2) is 8.48. The summed E-state index contributed by atoms with van der Waals surface area (Å²) in [4.78, 5) is 26.2. The van der Waals surface area contributed by atoms with Crippen LogP contribution in [0.3, 0.4) is 0 Å². The fourth-order valence-corrected chi connectivity index (χ4v) is 6.44. The van der Waals surface area contributed by atoms with E-state index in [0.717, 1.165) is 16.8 Å². The quantitative estimate of drug-likeness (QED) is 0.363. The van der Waals surface area contributed by atoms with Gasteiger partial charge in [-0.3, -0.25) is 14.9 Å². The molecule has 2 aliphatic carbocycles. The normalized spacial score (nSPS) is 20.2. The van der Waals surface area contributed by atoms with Crippen LogP contribution in [0.5, 0.6) is 5.75 Å². The SMILES string of the molecule is CC1=CC(c2cc([N+](=O)[O-])c(C)cc2OCC2CC2)=CCC1(C)S(=O)(=O)n1ccc2cc[nH]c(=O)c21. The molecule has 2 aromatic heterocycles. The van der Waals surface area contributed by atoms with E-state index in [1.807, 2.05) is 0 Å². The summed E-state index contributed by atoms with van der Waals surface area (Å²) in [5, 5.41) is 12.2. The van der Waals surface area contributed by atoms with E-state index in [0.29, 0.717) is 45.9 Å². The van der Waals surface area contributed by atoms with Crippen molar-refractivity contribution in [3.05, 3.63) is 86.0 Å². The summed E-state index contributed by atoms with van der Waals surface area (Å²) in [7, 11) is -4.03. The molecule has 3 aromatic rings. The molecule has 2 heterocycles. The molecule has 1 unspecified atom stereocenters. The van der Waals surface area contributed by atoms with Crippen molar-refractivity contribution in [2.75, 3.05) is 6.61 Å². The summed E-state index contributed by atoms with van der Waals surface area (Å²) in [5.41, 5.74) is 1.87. The van der Waals surface area contributed by atoms with Crippen molar-refractivity contribution in [2.45, 2.75) is 44.8 Å². The van der Waals surface area contributed by atoms with E-state index in [4.69, 9.17) is 4.74 Å². The Kier molecular flexibility index (Phi) is 5.66. The Morgan fingerprint density at radius 1 is 1.25 bits per heavy atom. The molecule has 36 heavy (non-hydrogen) atoms. The fraction of sp³-hybridized carbons (Fsp3) is 0.346. The molecule has 2 aliphatic rings. The number of ether oxygens (including phenoxy) is 1. The van der Waals surface area contributed by atoms with Gasteiger partial charge in [-0.05, 0) is 75.3 Å². The van der Waals surface area contributed by atoms with Crippen LogP contribution in [0.1, 0.15) is 44.2 Å². The number of nitro groups is 1. The summed E-state index contributed by atoms with van der Waals surface area (Å²) < 4.78 is 33.5. The van der Waals surface area contributed by atoms with Crippen molar-refractivity contribution in [1.82, 2.24) is 8.96 Å². The lowest BCUT2D eigenvalue weighted by atomic mass is 9.87. The van der Waals surface area contributed by atoms with Crippen molar-refractivity contribution in [3.63, 3.8) is 0 Å². The molecule has 0 spiro atoms. The molecule has 0 aliphatic heterocycles. The number of aromatic amines is 1. The van der Waals surface area contributed by atoms with E-state index in [-0.39, 0.29) is 17.6 Å². The standard InChI is InChI=1S/C26H27N3O6S/c1-16-12-23(35-15-18-4-5-18)21(14-22(16)29(31)32)20-6-9-26(3,17(2)13-20)36(33,34)28-11-8-19-7-10-27-25(30)24(19)28/h6-8,10-14,18H,4-5,9,15H2,1-3H3,(H,27,30). The summed E-state index contributed by atoms with van der Waals surface area (Å²) >= 11 is 0. The molecular weight excluding hydrogens is 482 g/mol. The summed E-state index contributed by atoms with van der Waals surface area (Å²) in [6.07, 6.45) is 8.75. The lowest BCUT2D eigenvalue weighted by Gasteiger charge is -2.33. The third-order valence-corrected chi connectivity index (χ3v) is 9.75. The first-order valence-electron chi connectivity index (χ1n) is 11.8. The van der Waals surface area contributed by atoms with Crippen molar-refractivity contribution in [1.29, 1.82) is 0 Å². The lowest BCUT2D eigenvalue weighted by molar-refractivity contribution is -0.385. The lowest BCUT2D eigenvalue weighted by Crippen LogP contribution is -2.41.